The Bertz CT molecular complexity index is 448. The molecule has 1 N–H and O–H groups in total. The van der Waals surface area contributed by atoms with Gasteiger partial charge in [-0.05, 0) is 19.8 Å². The van der Waals surface area contributed by atoms with Crippen LogP contribution in [0.1, 0.15) is 26.2 Å². The van der Waals surface area contributed by atoms with Crippen molar-refractivity contribution < 1.29 is 31.5 Å². The summed E-state index contributed by atoms with van der Waals surface area (Å²) in [6, 6.07) is 0. The Morgan fingerprint density at radius 1 is 1.42 bits per heavy atom. The first-order chi connectivity index (χ1) is 8.46. The van der Waals surface area contributed by atoms with E-state index in [0.29, 0.717) is 0 Å². The number of hydrogen-bond acceptors (Lipinski definition) is 3. The monoisotopic (exact) mass is 303 g/mol. The van der Waals surface area contributed by atoms with Gasteiger partial charge in [-0.1, -0.05) is 0 Å². The van der Waals surface area contributed by atoms with Crippen molar-refractivity contribution in [2.75, 3.05) is 18.8 Å². The highest BCUT2D eigenvalue weighted by atomic mass is 32.2. The molecule has 0 saturated carbocycles. The van der Waals surface area contributed by atoms with Gasteiger partial charge in [0.15, 0.2) is 0 Å². The van der Waals surface area contributed by atoms with Gasteiger partial charge in [0.25, 0.3) is 0 Å². The number of carboxylic acids is 1. The smallest absolute Gasteiger partial charge is 0.389 e. The number of halogens is 3. The van der Waals surface area contributed by atoms with Crippen molar-refractivity contribution >= 4 is 16.0 Å². The Kier molecular flexibility index (Phi) is 4.51. The lowest BCUT2D eigenvalue weighted by Crippen LogP contribution is -2.36. The van der Waals surface area contributed by atoms with Gasteiger partial charge in [0.1, 0.15) is 0 Å². The predicted molar refractivity (Wildman–Crippen MR) is 61.0 cm³/mol. The Hall–Kier alpha value is -0.830. The largest absolute Gasteiger partial charge is 0.481 e. The standard InChI is InChI=1S/C10H16F3NO4S/c1-9(8(15)16)4-5-14(7-9)19(17,18)6-2-3-10(11,12)13/h2-7H2,1H3,(H,15,16). The topological polar surface area (TPSA) is 74.7 Å². The third-order valence-corrected chi connectivity index (χ3v) is 5.11. The van der Waals surface area contributed by atoms with Crippen molar-refractivity contribution in [2.45, 2.75) is 32.4 Å². The van der Waals surface area contributed by atoms with E-state index in [1.807, 2.05) is 0 Å². The summed E-state index contributed by atoms with van der Waals surface area (Å²) in [5.41, 5.74) is -1.16. The van der Waals surface area contributed by atoms with Gasteiger partial charge >= 0.3 is 12.1 Å². The third-order valence-electron chi connectivity index (χ3n) is 3.21. The first kappa shape index (κ1) is 16.2. The zero-order chi connectivity index (χ0) is 14.9. The number of rotatable bonds is 5. The van der Waals surface area contributed by atoms with Gasteiger partial charge < -0.3 is 5.11 Å². The number of sulfonamides is 1. The molecule has 1 rings (SSSR count). The summed E-state index contributed by atoms with van der Waals surface area (Å²) >= 11 is 0. The zero-order valence-electron chi connectivity index (χ0n) is 10.4. The molecule has 1 atom stereocenters. The minimum Gasteiger partial charge on any atom is -0.481 e. The van der Waals surface area contributed by atoms with E-state index < -0.39 is 46.2 Å². The van der Waals surface area contributed by atoms with Crippen LogP contribution in [0.5, 0.6) is 0 Å². The molecule has 112 valence electrons. The summed E-state index contributed by atoms with van der Waals surface area (Å²) in [6.07, 6.45) is -5.88. The molecule has 0 bridgehead atoms. The quantitative estimate of drug-likeness (QED) is 0.834. The summed E-state index contributed by atoms with van der Waals surface area (Å²) in [5.74, 6) is -1.71. The van der Waals surface area contributed by atoms with E-state index in [2.05, 4.69) is 0 Å². The fraction of sp³-hybridized carbons (Fsp3) is 0.900. The van der Waals surface area contributed by atoms with Crippen molar-refractivity contribution in [3.05, 3.63) is 0 Å². The van der Waals surface area contributed by atoms with Crippen LogP contribution < -0.4 is 0 Å². The molecule has 5 nitrogen and oxygen atoms in total. The second-order valence-electron chi connectivity index (χ2n) is 4.98. The first-order valence-corrected chi connectivity index (χ1v) is 7.35. The normalized spacial score (nSPS) is 25.7. The molecule has 1 fully saturated rings. The van der Waals surface area contributed by atoms with E-state index in [1.165, 1.54) is 6.92 Å². The lowest BCUT2D eigenvalue weighted by molar-refractivity contribution is -0.146. The molecule has 1 saturated heterocycles. The van der Waals surface area contributed by atoms with Crippen LogP contribution in [-0.2, 0) is 14.8 Å². The van der Waals surface area contributed by atoms with Crippen molar-refractivity contribution in [3.63, 3.8) is 0 Å². The van der Waals surface area contributed by atoms with Crippen LogP contribution in [0.25, 0.3) is 0 Å². The Balaban J connectivity index is 2.58. The molecule has 0 radical (unpaired) electrons. The zero-order valence-corrected chi connectivity index (χ0v) is 11.2. The van der Waals surface area contributed by atoms with Crippen LogP contribution in [0.15, 0.2) is 0 Å². The lowest BCUT2D eigenvalue weighted by Gasteiger charge is -2.20. The Labute approximate surface area is 109 Å². The first-order valence-electron chi connectivity index (χ1n) is 5.74. The summed E-state index contributed by atoms with van der Waals surface area (Å²) in [7, 11) is -3.82. The number of nitrogens with zero attached hydrogens (tertiary/aromatic N) is 1. The molecular formula is C10H16F3NO4S. The molecule has 0 aromatic carbocycles. The second-order valence-corrected chi connectivity index (χ2v) is 7.07. The lowest BCUT2D eigenvalue weighted by atomic mass is 9.90. The van der Waals surface area contributed by atoms with Gasteiger partial charge in [-0.3, -0.25) is 4.79 Å². The van der Waals surface area contributed by atoms with Crippen molar-refractivity contribution in [3.8, 4) is 0 Å². The molecule has 1 heterocycles. The highest BCUT2D eigenvalue weighted by molar-refractivity contribution is 7.89. The van der Waals surface area contributed by atoms with Gasteiger partial charge in [-0.15, -0.1) is 0 Å². The second kappa shape index (κ2) is 5.28. The van der Waals surface area contributed by atoms with Crippen LogP contribution in [0.4, 0.5) is 13.2 Å². The fourth-order valence-electron chi connectivity index (χ4n) is 1.91. The van der Waals surface area contributed by atoms with Crippen molar-refractivity contribution in [1.29, 1.82) is 0 Å². The Morgan fingerprint density at radius 3 is 2.42 bits per heavy atom. The van der Waals surface area contributed by atoms with Crippen LogP contribution >= 0.6 is 0 Å². The van der Waals surface area contributed by atoms with E-state index in [9.17, 15) is 26.4 Å². The van der Waals surface area contributed by atoms with E-state index >= 15 is 0 Å². The van der Waals surface area contributed by atoms with Crippen LogP contribution in [0, 0.1) is 5.41 Å². The predicted octanol–water partition coefficient (Wildman–Crippen LogP) is 1.46. The van der Waals surface area contributed by atoms with Gasteiger partial charge in [0.05, 0.1) is 11.2 Å². The number of hydrogen-bond donors (Lipinski definition) is 1. The van der Waals surface area contributed by atoms with E-state index in [-0.39, 0.29) is 19.5 Å². The van der Waals surface area contributed by atoms with Gasteiger partial charge in [0, 0.05) is 19.5 Å². The van der Waals surface area contributed by atoms with E-state index in [0.717, 1.165) is 4.31 Å². The molecule has 1 aliphatic heterocycles. The fourth-order valence-corrected chi connectivity index (χ4v) is 3.53. The maximum atomic E-state index is 12.0. The highest BCUT2D eigenvalue weighted by Gasteiger charge is 2.44. The minimum atomic E-state index is -4.38. The van der Waals surface area contributed by atoms with Gasteiger partial charge in [-0.2, -0.15) is 13.2 Å². The summed E-state index contributed by atoms with van der Waals surface area (Å²) in [6.45, 7) is 1.29. The number of aliphatic carboxylic acids is 1. The molecule has 0 spiro atoms. The number of carbonyl (C=O) groups is 1. The average molecular weight is 303 g/mol. The minimum absolute atomic E-state index is 0.0388. The van der Waals surface area contributed by atoms with Gasteiger partial charge in [-0.25, -0.2) is 12.7 Å². The molecular weight excluding hydrogens is 287 g/mol. The van der Waals surface area contributed by atoms with Gasteiger partial charge in [0.2, 0.25) is 10.0 Å². The van der Waals surface area contributed by atoms with E-state index in [4.69, 9.17) is 5.11 Å². The highest BCUT2D eigenvalue weighted by Crippen LogP contribution is 2.32. The maximum Gasteiger partial charge on any atom is 0.389 e. The average Bonchev–Trinajstić information content (AvgIpc) is 2.60. The summed E-state index contributed by atoms with van der Waals surface area (Å²) < 4.78 is 60.4. The SMILES string of the molecule is CC1(C(=O)O)CCN(S(=O)(=O)CCCC(F)(F)F)C1. The van der Waals surface area contributed by atoms with Crippen LogP contribution in [0.2, 0.25) is 0 Å². The molecule has 0 aromatic heterocycles. The molecule has 1 aliphatic rings. The maximum absolute atomic E-state index is 12.0. The van der Waals surface area contributed by atoms with Crippen LogP contribution in [-0.4, -0.2) is 48.8 Å². The van der Waals surface area contributed by atoms with Crippen molar-refractivity contribution in [1.82, 2.24) is 4.31 Å². The summed E-state index contributed by atoms with van der Waals surface area (Å²) in [5, 5.41) is 8.97. The van der Waals surface area contributed by atoms with E-state index in [1.54, 1.807) is 0 Å². The molecule has 0 aliphatic carbocycles. The molecule has 1 unspecified atom stereocenters. The summed E-state index contributed by atoms with van der Waals surface area (Å²) in [4.78, 5) is 11.0. The molecule has 0 aromatic rings. The number of carboxylic acid groups (broad SMARTS) is 1. The van der Waals surface area contributed by atoms with Crippen molar-refractivity contribution in [2.24, 2.45) is 5.41 Å². The third kappa shape index (κ3) is 4.34. The van der Waals surface area contributed by atoms with Crippen LogP contribution in [0.3, 0.4) is 0 Å². The molecule has 9 heteroatoms. The molecule has 0 amide bonds. The number of alkyl halides is 3. The molecule has 19 heavy (non-hydrogen) atoms. The Morgan fingerprint density at radius 2 is 2.00 bits per heavy atom.